The third kappa shape index (κ3) is 4.68. The van der Waals surface area contributed by atoms with Crippen molar-refractivity contribution in [3.63, 3.8) is 0 Å². The topological polar surface area (TPSA) is 92.3 Å². The fourth-order valence-electron chi connectivity index (χ4n) is 3.81. The largest absolute Gasteiger partial charge is 0.495 e. The average Bonchev–Trinajstić information content (AvgIpc) is 2.84. The van der Waals surface area contributed by atoms with Crippen molar-refractivity contribution in [1.29, 1.82) is 0 Å². The number of morpholine rings is 1. The zero-order chi connectivity index (χ0) is 22.7. The van der Waals surface area contributed by atoms with Gasteiger partial charge in [0.05, 0.1) is 25.3 Å². The van der Waals surface area contributed by atoms with Gasteiger partial charge in [0, 0.05) is 51.0 Å². The van der Waals surface area contributed by atoms with Crippen LogP contribution in [0.3, 0.4) is 0 Å². The average molecular weight is 481 g/mol. The van der Waals surface area contributed by atoms with Crippen LogP contribution in [-0.4, -0.2) is 88.1 Å². The van der Waals surface area contributed by atoms with E-state index in [4.69, 9.17) is 21.1 Å². The molecule has 0 radical (unpaired) electrons. The van der Waals surface area contributed by atoms with Gasteiger partial charge in [0.2, 0.25) is 10.0 Å². The highest BCUT2D eigenvalue weighted by atomic mass is 35.5. The molecule has 1 aromatic heterocycles. The number of rotatable bonds is 5. The first kappa shape index (κ1) is 22.8. The Hall–Kier alpha value is -2.40. The first-order valence-corrected chi connectivity index (χ1v) is 12.1. The molecule has 172 valence electrons. The standard InChI is InChI=1S/C21H25ClN4O5S/c1-30-18-4-2-16(14-19(18)32(28,29)26-10-12-31-13-11-26)21(27)25-8-6-24(7-9-25)20-5-3-17(22)15-23-20/h2-5,14-15H,6-13H2,1H3. The normalized spacial score (nSPS) is 17.9. The fourth-order valence-corrected chi connectivity index (χ4v) is 5.51. The number of carbonyl (C=O) groups is 1. The van der Waals surface area contributed by atoms with Crippen molar-refractivity contribution in [2.24, 2.45) is 0 Å². The molecule has 0 N–H and O–H groups in total. The van der Waals surface area contributed by atoms with E-state index in [1.54, 1.807) is 23.2 Å². The van der Waals surface area contributed by atoms with E-state index in [1.165, 1.54) is 23.5 Å². The number of pyridine rings is 1. The summed E-state index contributed by atoms with van der Waals surface area (Å²) < 4.78 is 38.3. The molecule has 9 nitrogen and oxygen atoms in total. The molecule has 3 heterocycles. The number of hydrogen-bond donors (Lipinski definition) is 0. The van der Waals surface area contributed by atoms with Gasteiger partial charge in [0.1, 0.15) is 16.5 Å². The van der Waals surface area contributed by atoms with Gasteiger partial charge in [0.25, 0.3) is 5.91 Å². The highest BCUT2D eigenvalue weighted by molar-refractivity contribution is 7.89. The van der Waals surface area contributed by atoms with Crippen molar-refractivity contribution >= 4 is 33.3 Å². The summed E-state index contributed by atoms with van der Waals surface area (Å²) in [7, 11) is -2.39. The quantitative estimate of drug-likeness (QED) is 0.643. The van der Waals surface area contributed by atoms with Crippen molar-refractivity contribution in [2.75, 3.05) is 64.5 Å². The summed E-state index contributed by atoms with van der Waals surface area (Å²) in [6.07, 6.45) is 1.60. The Morgan fingerprint density at radius 2 is 1.78 bits per heavy atom. The minimum Gasteiger partial charge on any atom is -0.495 e. The summed E-state index contributed by atoms with van der Waals surface area (Å²) in [5.41, 5.74) is 0.315. The summed E-state index contributed by atoms with van der Waals surface area (Å²) in [5, 5.41) is 0.574. The number of sulfonamides is 1. The molecule has 2 fully saturated rings. The van der Waals surface area contributed by atoms with Crippen LogP contribution in [0.15, 0.2) is 41.4 Å². The van der Waals surface area contributed by atoms with Crippen molar-refractivity contribution < 1.29 is 22.7 Å². The lowest BCUT2D eigenvalue weighted by Crippen LogP contribution is -2.49. The van der Waals surface area contributed by atoms with Crippen LogP contribution in [0.4, 0.5) is 5.82 Å². The number of benzene rings is 1. The van der Waals surface area contributed by atoms with E-state index < -0.39 is 10.0 Å². The zero-order valence-electron chi connectivity index (χ0n) is 17.7. The van der Waals surface area contributed by atoms with Gasteiger partial charge in [-0.25, -0.2) is 13.4 Å². The van der Waals surface area contributed by atoms with E-state index in [2.05, 4.69) is 9.88 Å². The fraction of sp³-hybridized carbons (Fsp3) is 0.429. The Morgan fingerprint density at radius 1 is 1.06 bits per heavy atom. The summed E-state index contributed by atoms with van der Waals surface area (Å²) in [5.74, 6) is 0.811. The van der Waals surface area contributed by atoms with Crippen LogP contribution < -0.4 is 9.64 Å². The SMILES string of the molecule is COc1ccc(C(=O)N2CCN(c3ccc(Cl)cn3)CC2)cc1S(=O)(=O)N1CCOCC1. The number of amides is 1. The van der Waals surface area contributed by atoms with E-state index in [1.807, 2.05) is 6.07 Å². The predicted octanol–water partition coefficient (Wildman–Crippen LogP) is 1.73. The molecular formula is C21H25ClN4O5S. The Kier molecular flexibility index (Phi) is 6.85. The van der Waals surface area contributed by atoms with Crippen molar-refractivity contribution in [1.82, 2.24) is 14.2 Å². The highest BCUT2D eigenvalue weighted by Gasteiger charge is 2.31. The monoisotopic (exact) mass is 480 g/mol. The molecule has 0 aliphatic carbocycles. The van der Waals surface area contributed by atoms with Crippen LogP contribution in [0.25, 0.3) is 0 Å². The minimum atomic E-state index is -3.81. The number of methoxy groups -OCH3 is 1. The molecule has 0 bridgehead atoms. The Labute approximate surface area is 192 Å². The first-order chi connectivity index (χ1) is 15.4. The van der Waals surface area contributed by atoms with Crippen LogP contribution in [0.1, 0.15) is 10.4 Å². The molecular weight excluding hydrogens is 456 g/mol. The van der Waals surface area contributed by atoms with Gasteiger partial charge in [-0.1, -0.05) is 11.6 Å². The molecule has 1 amide bonds. The van der Waals surface area contributed by atoms with Crippen LogP contribution in [0.5, 0.6) is 5.75 Å². The van der Waals surface area contributed by atoms with E-state index in [-0.39, 0.29) is 29.6 Å². The molecule has 32 heavy (non-hydrogen) atoms. The molecule has 0 atom stereocenters. The molecule has 2 aromatic rings. The zero-order valence-corrected chi connectivity index (χ0v) is 19.3. The maximum atomic E-state index is 13.2. The van der Waals surface area contributed by atoms with Crippen LogP contribution in [0.2, 0.25) is 5.02 Å². The lowest BCUT2D eigenvalue weighted by atomic mass is 10.1. The predicted molar refractivity (Wildman–Crippen MR) is 120 cm³/mol. The smallest absolute Gasteiger partial charge is 0.254 e. The van der Waals surface area contributed by atoms with Gasteiger partial charge in [-0.15, -0.1) is 0 Å². The summed E-state index contributed by atoms with van der Waals surface area (Å²) in [4.78, 5) is 21.3. The van der Waals surface area contributed by atoms with E-state index in [0.29, 0.717) is 50.0 Å². The molecule has 0 saturated carbocycles. The molecule has 1 aromatic carbocycles. The first-order valence-electron chi connectivity index (χ1n) is 10.3. The molecule has 2 aliphatic rings. The van der Waals surface area contributed by atoms with Crippen molar-refractivity contribution in [2.45, 2.75) is 4.90 Å². The number of nitrogens with zero attached hydrogens (tertiary/aromatic N) is 4. The van der Waals surface area contributed by atoms with Gasteiger partial charge in [-0.3, -0.25) is 4.79 Å². The van der Waals surface area contributed by atoms with Crippen molar-refractivity contribution in [3.8, 4) is 5.75 Å². The summed E-state index contributed by atoms with van der Waals surface area (Å²) in [6.45, 7) is 3.46. The van der Waals surface area contributed by atoms with E-state index >= 15 is 0 Å². The second-order valence-corrected chi connectivity index (χ2v) is 9.84. The van der Waals surface area contributed by atoms with Gasteiger partial charge in [0.15, 0.2) is 0 Å². The van der Waals surface area contributed by atoms with Crippen LogP contribution in [-0.2, 0) is 14.8 Å². The molecule has 11 heteroatoms. The second kappa shape index (κ2) is 9.62. The summed E-state index contributed by atoms with van der Waals surface area (Å²) in [6, 6.07) is 8.20. The van der Waals surface area contributed by atoms with Gasteiger partial charge >= 0.3 is 0 Å². The second-order valence-electron chi connectivity index (χ2n) is 7.50. The van der Waals surface area contributed by atoms with Crippen LogP contribution >= 0.6 is 11.6 Å². The molecule has 0 unspecified atom stereocenters. The number of hydrogen-bond acceptors (Lipinski definition) is 7. The Bertz CT molecular complexity index is 1070. The molecule has 4 rings (SSSR count). The minimum absolute atomic E-state index is 0.00301. The van der Waals surface area contributed by atoms with Crippen molar-refractivity contribution in [3.05, 3.63) is 47.1 Å². The number of aromatic nitrogens is 1. The maximum absolute atomic E-state index is 13.2. The van der Waals surface area contributed by atoms with E-state index in [9.17, 15) is 13.2 Å². The molecule has 0 spiro atoms. The Balaban J connectivity index is 1.50. The van der Waals surface area contributed by atoms with Gasteiger partial charge in [-0.2, -0.15) is 4.31 Å². The number of halogens is 1. The highest BCUT2D eigenvalue weighted by Crippen LogP contribution is 2.29. The van der Waals surface area contributed by atoms with Gasteiger partial charge in [-0.05, 0) is 30.3 Å². The maximum Gasteiger partial charge on any atom is 0.254 e. The number of piperazine rings is 1. The van der Waals surface area contributed by atoms with E-state index in [0.717, 1.165) is 5.82 Å². The molecule has 2 aliphatic heterocycles. The summed E-state index contributed by atoms with van der Waals surface area (Å²) >= 11 is 5.90. The number of ether oxygens (including phenoxy) is 2. The number of anilines is 1. The Morgan fingerprint density at radius 3 is 2.41 bits per heavy atom. The lowest BCUT2D eigenvalue weighted by molar-refractivity contribution is 0.0728. The third-order valence-corrected chi connectivity index (χ3v) is 7.74. The molecule has 2 saturated heterocycles. The third-order valence-electron chi connectivity index (χ3n) is 5.60. The number of carbonyl (C=O) groups excluding carboxylic acids is 1. The van der Waals surface area contributed by atoms with Crippen LogP contribution in [0, 0.1) is 0 Å². The lowest BCUT2D eigenvalue weighted by Gasteiger charge is -2.35. The van der Waals surface area contributed by atoms with Gasteiger partial charge < -0.3 is 19.3 Å².